The van der Waals surface area contributed by atoms with E-state index in [2.05, 4.69) is 22.2 Å². The second kappa shape index (κ2) is 8.96. The minimum absolute atomic E-state index is 0.00255. The van der Waals surface area contributed by atoms with Gasteiger partial charge in [-0.15, -0.1) is 0 Å². The summed E-state index contributed by atoms with van der Waals surface area (Å²) in [4.78, 5) is 0.261. The fraction of sp³-hybridized carbons (Fsp3) is 0.286. The van der Waals surface area contributed by atoms with Crippen LogP contribution in [0.5, 0.6) is 11.5 Å². The van der Waals surface area contributed by atoms with Crippen molar-refractivity contribution in [2.45, 2.75) is 37.1 Å². The molecule has 2 aliphatic rings. The van der Waals surface area contributed by atoms with Gasteiger partial charge in [0.05, 0.1) is 30.8 Å². The SMILES string of the molecule is COc1ccc(OC)c([C@H]2Nc3ccc(S(=O)(=O)Nc4c(C)cccc4C)cc3[C@H]3C=CC[C@H]32)c1. The van der Waals surface area contributed by atoms with Gasteiger partial charge < -0.3 is 14.8 Å². The lowest BCUT2D eigenvalue weighted by atomic mass is 9.77. The van der Waals surface area contributed by atoms with Gasteiger partial charge in [0.15, 0.2) is 0 Å². The molecular weight excluding hydrogens is 460 g/mol. The van der Waals surface area contributed by atoms with E-state index in [9.17, 15) is 8.42 Å². The number of para-hydroxylation sites is 1. The molecule has 6 nitrogen and oxygen atoms in total. The minimum atomic E-state index is -3.74. The highest BCUT2D eigenvalue weighted by atomic mass is 32.2. The Morgan fingerprint density at radius 3 is 2.43 bits per heavy atom. The third-order valence-electron chi connectivity index (χ3n) is 7.13. The highest BCUT2D eigenvalue weighted by molar-refractivity contribution is 7.92. The molecule has 0 radical (unpaired) electrons. The zero-order valence-electron chi connectivity index (χ0n) is 20.3. The molecule has 0 aromatic heterocycles. The number of ether oxygens (including phenoxy) is 2. The molecular formula is C28H30N2O4S. The zero-order chi connectivity index (χ0) is 24.7. The van der Waals surface area contributed by atoms with Crippen LogP contribution in [0.2, 0.25) is 0 Å². The van der Waals surface area contributed by atoms with E-state index in [-0.39, 0.29) is 22.8 Å². The summed E-state index contributed by atoms with van der Waals surface area (Å²) < 4.78 is 40.6. The lowest BCUT2D eigenvalue weighted by Crippen LogP contribution is -2.29. The fourth-order valence-corrected chi connectivity index (χ4v) is 6.54. The summed E-state index contributed by atoms with van der Waals surface area (Å²) in [6.45, 7) is 3.81. The second-order valence-corrected chi connectivity index (χ2v) is 10.9. The normalized spacial score (nSPS) is 20.5. The number of nitrogens with one attached hydrogen (secondary N) is 2. The van der Waals surface area contributed by atoms with Crippen LogP contribution in [0.15, 0.2) is 71.6 Å². The first-order valence-corrected chi connectivity index (χ1v) is 13.2. The molecule has 3 aromatic carbocycles. The van der Waals surface area contributed by atoms with E-state index in [1.54, 1.807) is 20.3 Å². The third kappa shape index (κ3) is 4.14. The van der Waals surface area contributed by atoms with Crippen molar-refractivity contribution in [1.82, 2.24) is 0 Å². The van der Waals surface area contributed by atoms with Crippen molar-refractivity contribution in [3.05, 3.63) is 89.0 Å². The van der Waals surface area contributed by atoms with Gasteiger partial charge >= 0.3 is 0 Å². The fourth-order valence-electron chi connectivity index (χ4n) is 5.30. The molecule has 3 atom stereocenters. The summed E-state index contributed by atoms with van der Waals surface area (Å²) in [7, 11) is -0.415. The Bertz CT molecular complexity index is 1390. The first-order chi connectivity index (χ1) is 16.8. The van der Waals surface area contributed by atoms with Crippen LogP contribution in [-0.2, 0) is 10.0 Å². The Hall–Kier alpha value is -3.45. The van der Waals surface area contributed by atoms with Gasteiger partial charge in [0.25, 0.3) is 10.0 Å². The monoisotopic (exact) mass is 490 g/mol. The van der Waals surface area contributed by atoms with Crippen LogP contribution in [0.4, 0.5) is 11.4 Å². The highest BCUT2D eigenvalue weighted by Crippen LogP contribution is 2.52. The average Bonchev–Trinajstić information content (AvgIpc) is 3.35. The zero-order valence-corrected chi connectivity index (χ0v) is 21.1. The number of hydrogen-bond acceptors (Lipinski definition) is 5. The average molecular weight is 491 g/mol. The maximum absolute atomic E-state index is 13.3. The van der Waals surface area contributed by atoms with Crippen LogP contribution < -0.4 is 19.5 Å². The number of aryl methyl sites for hydroxylation is 2. The molecule has 0 spiro atoms. The summed E-state index contributed by atoms with van der Waals surface area (Å²) in [5, 5.41) is 3.67. The summed E-state index contributed by atoms with van der Waals surface area (Å²) >= 11 is 0. The molecule has 0 saturated carbocycles. The lowest BCUT2D eigenvalue weighted by Gasteiger charge is -2.38. The van der Waals surface area contributed by atoms with E-state index in [1.807, 2.05) is 62.4 Å². The van der Waals surface area contributed by atoms with Crippen molar-refractivity contribution in [3.63, 3.8) is 0 Å². The van der Waals surface area contributed by atoms with Gasteiger partial charge in [0.2, 0.25) is 0 Å². The van der Waals surface area contributed by atoms with Crippen molar-refractivity contribution in [2.24, 2.45) is 5.92 Å². The van der Waals surface area contributed by atoms with E-state index in [0.717, 1.165) is 45.9 Å². The van der Waals surface area contributed by atoms with Crippen LogP contribution >= 0.6 is 0 Å². The molecule has 1 aliphatic carbocycles. The smallest absolute Gasteiger partial charge is 0.261 e. The Labute approximate surface area is 207 Å². The molecule has 0 unspecified atom stereocenters. The van der Waals surface area contributed by atoms with Crippen molar-refractivity contribution < 1.29 is 17.9 Å². The Balaban J connectivity index is 1.52. The van der Waals surface area contributed by atoms with E-state index < -0.39 is 10.0 Å². The van der Waals surface area contributed by atoms with E-state index in [4.69, 9.17) is 9.47 Å². The molecule has 35 heavy (non-hydrogen) atoms. The second-order valence-electron chi connectivity index (χ2n) is 9.20. The number of hydrogen-bond donors (Lipinski definition) is 2. The maximum Gasteiger partial charge on any atom is 0.261 e. The molecule has 0 saturated heterocycles. The van der Waals surface area contributed by atoms with E-state index >= 15 is 0 Å². The van der Waals surface area contributed by atoms with Gasteiger partial charge in [-0.1, -0.05) is 30.4 Å². The summed E-state index contributed by atoms with van der Waals surface area (Å²) in [5.74, 6) is 1.90. The molecule has 0 bridgehead atoms. The standard InChI is InChI=1S/C28H30N2O4S/c1-17-7-5-8-18(2)27(17)30-35(31,32)20-12-13-25-23(16-20)21-9-6-10-22(21)28(29-25)24-15-19(33-3)11-14-26(24)34-4/h5-9,11-16,21-22,28-30H,10H2,1-4H3/t21-,22+,28-/m0/s1. The van der Waals surface area contributed by atoms with Crippen molar-refractivity contribution in [1.29, 1.82) is 0 Å². The van der Waals surface area contributed by atoms with Crippen LogP contribution in [0.1, 0.15) is 40.6 Å². The number of benzene rings is 3. The highest BCUT2D eigenvalue weighted by Gasteiger charge is 2.39. The number of sulfonamides is 1. The molecule has 0 amide bonds. The summed E-state index contributed by atoms with van der Waals surface area (Å²) in [6, 6.07) is 16.9. The Kier molecular flexibility index (Phi) is 5.97. The molecule has 0 fully saturated rings. The van der Waals surface area contributed by atoms with Crippen LogP contribution in [0.3, 0.4) is 0 Å². The van der Waals surface area contributed by atoms with Crippen molar-refractivity contribution in [3.8, 4) is 11.5 Å². The molecule has 1 aliphatic heterocycles. The van der Waals surface area contributed by atoms with Gasteiger partial charge in [-0.3, -0.25) is 4.72 Å². The summed E-state index contributed by atoms with van der Waals surface area (Å²) in [6.07, 6.45) is 5.26. The Morgan fingerprint density at radius 2 is 1.71 bits per heavy atom. The maximum atomic E-state index is 13.3. The van der Waals surface area contributed by atoms with Gasteiger partial charge in [0.1, 0.15) is 11.5 Å². The van der Waals surface area contributed by atoms with E-state index in [0.29, 0.717) is 5.69 Å². The quantitative estimate of drug-likeness (QED) is 0.418. The number of allylic oxidation sites excluding steroid dienone is 2. The van der Waals surface area contributed by atoms with Crippen molar-refractivity contribution in [2.75, 3.05) is 24.3 Å². The topological polar surface area (TPSA) is 76.7 Å². The predicted molar refractivity (Wildman–Crippen MR) is 139 cm³/mol. The molecule has 7 heteroatoms. The number of methoxy groups -OCH3 is 2. The number of rotatable bonds is 6. The molecule has 5 rings (SSSR count). The van der Waals surface area contributed by atoms with Crippen LogP contribution in [0, 0.1) is 19.8 Å². The van der Waals surface area contributed by atoms with Gasteiger partial charge in [-0.25, -0.2) is 8.42 Å². The van der Waals surface area contributed by atoms with Gasteiger partial charge in [-0.05, 0) is 79.3 Å². The van der Waals surface area contributed by atoms with Gasteiger partial charge in [-0.2, -0.15) is 0 Å². The minimum Gasteiger partial charge on any atom is -0.497 e. The Morgan fingerprint density at radius 1 is 0.943 bits per heavy atom. The largest absolute Gasteiger partial charge is 0.497 e. The van der Waals surface area contributed by atoms with E-state index in [1.165, 1.54) is 0 Å². The van der Waals surface area contributed by atoms with Crippen molar-refractivity contribution >= 4 is 21.4 Å². The molecule has 182 valence electrons. The first-order valence-electron chi connectivity index (χ1n) is 11.7. The van der Waals surface area contributed by atoms with Crippen LogP contribution in [0.25, 0.3) is 0 Å². The van der Waals surface area contributed by atoms with Gasteiger partial charge in [0, 0.05) is 17.2 Å². The predicted octanol–water partition coefficient (Wildman–Crippen LogP) is 5.95. The molecule has 2 N–H and O–H groups in total. The first kappa shape index (κ1) is 23.3. The number of fused-ring (bicyclic) bond motifs is 3. The third-order valence-corrected chi connectivity index (χ3v) is 8.48. The molecule has 3 aromatic rings. The summed E-state index contributed by atoms with van der Waals surface area (Å²) in [5.41, 5.74) is 5.37. The van der Waals surface area contributed by atoms with Crippen LogP contribution in [-0.4, -0.2) is 22.6 Å². The number of anilines is 2. The molecule has 1 heterocycles. The lowest BCUT2D eigenvalue weighted by molar-refractivity contribution is 0.374.